The van der Waals surface area contributed by atoms with E-state index in [1.807, 2.05) is 45.2 Å². The molecular formula is C30H41N5O5. The lowest BCUT2D eigenvalue weighted by Gasteiger charge is -2.35. The van der Waals surface area contributed by atoms with E-state index >= 15 is 0 Å². The molecule has 2 aliphatic heterocycles. The summed E-state index contributed by atoms with van der Waals surface area (Å²) in [6.45, 7) is 7.56. The maximum atomic E-state index is 13.2. The number of rotatable bonds is 1. The number of carbonyl (C=O) groups is 4. The Balaban J connectivity index is 1.55. The Morgan fingerprint density at radius 1 is 0.950 bits per heavy atom. The number of aromatic nitrogens is 1. The Kier molecular flexibility index (Phi) is 9.73. The number of fused-ring (bicyclic) bond motifs is 4. The molecule has 2 aromatic rings. The van der Waals surface area contributed by atoms with Crippen molar-refractivity contribution in [3.05, 3.63) is 41.7 Å². The number of hydrazine groups is 1. The van der Waals surface area contributed by atoms with E-state index in [0.29, 0.717) is 32.2 Å². The van der Waals surface area contributed by atoms with Crippen LogP contribution in [0.15, 0.2) is 30.5 Å². The molecule has 1 fully saturated rings. The maximum absolute atomic E-state index is 13.2. The number of nitrogens with zero attached hydrogens (tertiary/aromatic N) is 2. The number of esters is 1. The van der Waals surface area contributed by atoms with Crippen LogP contribution in [0, 0.1) is 5.92 Å². The summed E-state index contributed by atoms with van der Waals surface area (Å²) in [6, 6.07) is 5.73. The maximum Gasteiger partial charge on any atom is 0.325 e. The monoisotopic (exact) mass is 551 g/mol. The Labute approximate surface area is 235 Å². The van der Waals surface area contributed by atoms with Crippen molar-refractivity contribution in [1.29, 1.82) is 0 Å². The first-order chi connectivity index (χ1) is 19.1. The van der Waals surface area contributed by atoms with Gasteiger partial charge in [0, 0.05) is 30.2 Å². The van der Waals surface area contributed by atoms with E-state index in [1.54, 1.807) is 6.92 Å². The van der Waals surface area contributed by atoms with Crippen molar-refractivity contribution >= 4 is 34.5 Å². The first kappa shape index (κ1) is 29.5. The van der Waals surface area contributed by atoms with E-state index in [2.05, 4.69) is 27.1 Å². The summed E-state index contributed by atoms with van der Waals surface area (Å²) in [7, 11) is 0. The molecule has 0 aliphatic carbocycles. The van der Waals surface area contributed by atoms with E-state index in [0.717, 1.165) is 41.3 Å². The smallest absolute Gasteiger partial charge is 0.325 e. The van der Waals surface area contributed by atoms with E-state index in [4.69, 9.17) is 4.74 Å². The van der Waals surface area contributed by atoms with Crippen molar-refractivity contribution in [3.8, 4) is 0 Å². The van der Waals surface area contributed by atoms with Crippen LogP contribution in [0.5, 0.6) is 0 Å². The van der Waals surface area contributed by atoms with Gasteiger partial charge in [0.05, 0.1) is 0 Å². The molecule has 0 spiro atoms. The van der Waals surface area contributed by atoms with E-state index in [9.17, 15) is 19.2 Å². The summed E-state index contributed by atoms with van der Waals surface area (Å²) in [4.78, 5) is 56.5. The molecule has 3 heterocycles. The van der Waals surface area contributed by atoms with Crippen molar-refractivity contribution in [3.63, 3.8) is 0 Å². The number of amides is 3. The largest absolute Gasteiger partial charge is 0.457 e. The average molecular weight is 552 g/mol. The Bertz CT molecular complexity index is 1250. The topological polar surface area (TPSA) is 130 Å². The van der Waals surface area contributed by atoms with Gasteiger partial charge in [-0.05, 0) is 75.0 Å². The number of carbonyl (C=O) groups excluding carboxylic acids is 4. The predicted octanol–water partition coefficient (Wildman–Crippen LogP) is 3.10. The number of cyclic esters (lactones) is 1. The van der Waals surface area contributed by atoms with E-state index in [-0.39, 0.29) is 17.7 Å². The van der Waals surface area contributed by atoms with Crippen molar-refractivity contribution in [2.75, 3.05) is 6.54 Å². The summed E-state index contributed by atoms with van der Waals surface area (Å²) >= 11 is 0. The van der Waals surface area contributed by atoms with Gasteiger partial charge in [0.1, 0.15) is 24.2 Å². The minimum Gasteiger partial charge on any atom is -0.457 e. The van der Waals surface area contributed by atoms with Gasteiger partial charge >= 0.3 is 5.97 Å². The molecule has 0 saturated carbocycles. The van der Waals surface area contributed by atoms with E-state index < -0.39 is 36.1 Å². The fourth-order valence-corrected chi connectivity index (χ4v) is 5.18. The molecule has 3 N–H and O–H groups in total. The predicted molar refractivity (Wildman–Crippen MR) is 151 cm³/mol. The van der Waals surface area contributed by atoms with Crippen molar-refractivity contribution in [1.82, 2.24) is 26.1 Å². The van der Waals surface area contributed by atoms with Crippen LogP contribution in [-0.2, 0) is 30.3 Å². The second-order valence-electron chi connectivity index (χ2n) is 11.3. The average Bonchev–Trinajstić information content (AvgIpc) is 2.94. The van der Waals surface area contributed by atoms with Crippen molar-refractivity contribution in [2.45, 2.75) is 96.9 Å². The molecule has 1 saturated heterocycles. The zero-order chi connectivity index (χ0) is 28.8. The van der Waals surface area contributed by atoms with Gasteiger partial charge in [-0.2, -0.15) is 0 Å². The molecule has 216 valence electrons. The third-order valence-corrected chi connectivity index (χ3v) is 7.63. The number of pyridine rings is 1. The molecular weight excluding hydrogens is 510 g/mol. The van der Waals surface area contributed by atoms with E-state index in [1.165, 1.54) is 5.01 Å². The van der Waals surface area contributed by atoms with Gasteiger partial charge < -0.3 is 15.4 Å². The lowest BCUT2D eigenvalue weighted by Crippen LogP contribution is -2.61. The number of hydrogen-bond donors (Lipinski definition) is 3. The van der Waals surface area contributed by atoms with Crippen LogP contribution in [0.1, 0.15) is 83.6 Å². The molecule has 4 unspecified atom stereocenters. The van der Waals surface area contributed by atoms with Gasteiger partial charge in [-0.15, -0.1) is 0 Å². The summed E-state index contributed by atoms with van der Waals surface area (Å²) in [5.41, 5.74) is 4.84. The lowest BCUT2D eigenvalue weighted by atomic mass is 10.0. The minimum absolute atomic E-state index is 0.158. The Morgan fingerprint density at radius 2 is 1.73 bits per heavy atom. The van der Waals surface area contributed by atoms with Crippen LogP contribution in [0.2, 0.25) is 0 Å². The molecule has 4 atom stereocenters. The van der Waals surface area contributed by atoms with Gasteiger partial charge in [0.25, 0.3) is 5.91 Å². The first-order valence-corrected chi connectivity index (χ1v) is 14.4. The van der Waals surface area contributed by atoms with Gasteiger partial charge in [-0.1, -0.05) is 32.4 Å². The molecule has 2 aliphatic rings. The van der Waals surface area contributed by atoms with Gasteiger partial charge in [-0.25, -0.2) is 5.43 Å². The number of aryl methyl sites for hydroxylation is 1. The highest BCUT2D eigenvalue weighted by Crippen LogP contribution is 2.24. The molecule has 1 aromatic heterocycles. The molecule has 5 bridgehead atoms. The molecule has 10 nitrogen and oxygen atoms in total. The highest BCUT2D eigenvalue weighted by Gasteiger charge is 2.33. The Hall–Kier alpha value is -3.53. The number of ether oxygens (including phenoxy) is 1. The summed E-state index contributed by atoms with van der Waals surface area (Å²) in [6.07, 6.45) is 6.09. The van der Waals surface area contributed by atoms with Crippen LogP contribution in [0.25, 0.3) is 10.8 Å². The fraction of sp³-hybridized carbons (Fsp3) is 0.567. The van der Waals surface area contributed by atoms with Crippen molar-refractivity contribution < 1.29 is 23.9 Å². The summed E-state index contributed by atoms with van der Waals surface area (Å²) in [5.74, 6) is -1.54. The number of nitrogens with one attached hydrogen (secondary N) is 3. The first-order valence-electron chi connectivity index (χ1n) is 14.4. The Morgan fingerprint density at radius 3 is 2.50 bits per heavy atom. The van der Waals surface area contributed by atoms with Crippen LogP contribution < -0.4 is 16.1 Å². The zero-order valence-electron chi connectivity index (χ0n) is 23.9. The fourth-order valence-electron chi connectivity index (χ4n) is 5.18. The molecule has 3 amide bonds. The third-order valence-electron chi connectivity index (χ3n) is 7.63. The third kappa shape index (κ3) is 7.35. The molecule has 10 heteroatoms. The van der Waals surface area contributed by atoms with Crippen LogP contribution in [0.4, 0.5) is 0 Å². The standard InChI is InChI=1S/C30H41N5O5/c1-18(2)27-28(37)32-19(3)29(38)35-14-8-10-25(34-35)30(39)40-20(4)21-12-13-22-17-31-24(16-23(22)15-21)9-6-5-7-11-26(36)33-27/h12-13,15-20,25,27,34H,5-11,14H2,1-4H3,(H,32,37)(H,33,36). The summed E-state index contributed by atoms with van der Waals surface area (Å²) < 4.78 is 5.81. The molecule has 40 heavy (non-hydrogen) atoms. The van der Waals surface area contributed by atoms with Gasteiger partial charge in [-0.3, -0.25) is 29.2 Å². The van der Waals surface area contributed by atoms with Gasteiger partial charge in [0.15, 0.2) is 0 Å². The second-order valence-corrected chi connectivity index (χ2v) is 11.3. The molecule has 0 radical (unpaired) electrons. The summed E-state index contributed by atoms with van der Waals surface area (Å²) in [5, 5.41) is 9.01. The minimum atomic E-state index is -0.844. The molecule has 1 aromatic carbocycles. The van der Waals surface area contributed by atoms with Crippen LogP contribution >= 0.6 is 0 Å². The quantitative estimate of drug-likeness (QED) is 0.465. The van der Waals surface area contributed by atoms with Crippen LogP contribution in [-0.4, -0.2) is 58.4 Å². The SMILES string of the molecule is CC1NC(=O)C(C(C)C)NC(=O)CCCCCc2cc3cc(ccc3cn2)C(C)OC(=O)C2CCCN(N2)C1=O. The normalized spacial score (nSPS) is 26.1. The number of benzene rings is 1. The number of hydrogen-bond acceptors (Lipinski definition) is 7. The lowest BCUT2D eigenvalue weighted by molar-refractivity contribution is -0.157. The van der Waals surface area contributed by atoms with Gasteiger partial charge in [0.2, 0.25) is 11.8 Å². The molecule has 4 rings (SSSR count). The highest BCUT2D eigenvalue weighted by molar-refractivity contribution is 5.92. The highest BCUT2D eigenvalue weighted by atomic mass is 16.5. The van der Waals surface area contributed by atoms with Crippen LogP contribution in [0.3, 0.4) is 0 Å². The zero-order valence-corrected chi connectivity index (χ0v) is 23.9. The second kappa shape index (κ2) is 13.2. The van der Waals surface area contributed by atoms with Crippen molar-refractivity contribution in [2.24, 2.45) is 5.92 Å².